The SMILES string of the molecule is COc1ncnc2ccc(-c3sc(NC(=O)N4CC5(COC5)C4)nc3-c3cccc(C#N)c3)cc12. The molecule has 4 heterocycles. The molecule has 2 aliphatic rings. The second kappa shape index (κ2) is 8.30. The summed E-state index contributed by atoms with van der Waals surface area (Å²) >= 11 is 1.38. The first-order chi connectivity index (χ1) is 17.1. The number of benzene rings is 2. The number of hydrogen-bond donors (Lipinski definition) is 1. The monoisotopic (exact) mass is 484 g/mol. The molecule has 9 nitrogen and oxygen atoms in total. The standard InChI is InChI=1S/C25H20N6O3S/c1-33-22-18-8-17(5-6-19(18)27-14-28-22)21-20(16-4-2-3-15(7-16)9-26)29-23(35-21)30-24(32)31-10-25(11-31)12-34-13-25/h2-8,14H,10-13H2,1H3,(H,29,30,32). The molecule has 1 N–H and O–H groups in total. The smallest absolute Gasteiger partial charge is 0.323 e. The Morgan fingerprint density at radius 2 is 2.06 bits per heavy atom. The number of amides is 2. The molecule has 0 saturated carbocycles. The van der Waals surface area contributed by atoms with E-state index in [1.807, 2.05) is 30.3 Å². The van der Waals surface area contributed by atoms with E-state index < -0.39 is 0 Å². The summed E-state index contributed by atoms with van der Waals surface area (Å²) in [5.74, 6) is 0.481. The second-order valence-corrected chi connectivity index (χ2v) is 9.78. The largest absolute Gasteiger partial charge is 0.480 e. The van der Waals surface area contributed by atoms with E-state index in [1.165, 1.54) is 17.7 Å². The number of rotatable bonds is 4. The van der Waals surface area contributed by atoms with Crippen molar-refractivity contribution in [3.8, 4) is 33.6 Å². The van der Waals surface area contributed by atoms with Crippen LogP contribution in [0.15, 0.2) is 48.8 Å². The lowest BCUT2D eigenvalue weighted by Gasteiger charge is -2.54. The van der Waals surface area contributed by atoms with Crippen molar-refractivity contribution in [2.75, 3.05) is 38.7 Å². The molecule has 6 rings (SSSR count). The highest BCUT2D eigenvalue weighted by molar-refractivity contribution is 7.19. The number of aromatic nitrogens is 3. The highest BCUT2D eigenvalue weighted by Gasteiger charge is 2.50. The highest BCUT2D eigenvalue weighted by Crippen LogP contribution is 2.42. The number of nitrogens with zero attached hydrogens (tertiary/aromatic N) is 5. The number of hydrogen-bond acceptors (Lipinski definition) is 8. The van der Waals surface area contributed by atoms with Crippen LogP contribution < -0.4 is 10.1 Å². The molecule has 10 heteroatoms. The van der Waals surface area contributed by atoms with E-state index in [9.17, 15) is 10.1 Å². The molecular weight excluding hydrogens is 464 g/mol. The number of methoxy groups -OCH3 is 1. The Bertz CT molecular complexity index is 1500. The van der Waals surface area contributed by atoms with Crippen LogP contribution in [0.25, 0.3) is 32.6 Å². The third-order valence-corrected chi connectivity index (χ3v) is 7.34. The van der Waals surface area contributed by atoms with Gasteiger partial charge in [0.2, 0.25) is 5.88 Å². The maximum atomic E-state index is 12.8. The van der Waals surface area contributed by atoms with Crippen molar-refractivity contribution in [3.63, 3.8) is 0 Å². The zero-order valence-corrected chi connectivity index (χ0v) is 19.6. The normalized spacial score (nSPS) is 15.8. The average Bonchev–Trinajstić information content (AvgIpc) is 3.25. The molecule has 0 unspecified atom stereocenters. The first-order valence-corrected chi connectivity index (χ1v) is 11.8. The fourth-order valence-corrected chi connectivity index (χ4v) is 5.46. The number of anilines is 1. The predicted molar refractivity (Wildman–Crippen MR) is 131 cm³/mol. The third kappa shape index (κ3) is 3.75. The van der Waals surface area contributed by atoms with Crippen molar-refractivity contribution in [2.45, 2.75) is 0 Å². The van der Waals surface area contributed by atoms with Gasteiger partial charge >= 0.3 is 6.03 Å². The van der Waals surface area contributed by atoms with E-state index >= 15 is 0 Å². The number of nitriles is 1. The summed E-state index contributed by atoms with van der Waals surface area (Å²) < 4.78 is 10.7. The summed E-state index contributed by atoms with van der Waals surface area (Å²) in [6.07, 6.45) is 1.47. The van der Waals surface area contributed by atoms with Crippen molar-refractivity contribution in [1.82, 2.24) is 19.9 Å². The molecule has 2 aromatic carbocycles. The highest BCUT2D eigenvalue weighted by atomic mass is 32.1. The van der Waals surface area contributed by atoms with Gasteiger partial charge < -0.3 is 14.4 Å². The summed E-state index contributed by atoms with van der Waals surface area (Å²) in [5.41, 5.74) is 3.80. The quantitative estimate of drug-likeness (QED) is 0.463. The van der Waals surface area contributed by atoms with Gasteiger partial charge in [-0.2, -0.15) is 5.26 Å². The van der Waals surface area contributed by atoms with Crippen LogP contribution in [0.1, 0.15) is 5.56 Å². The zero-order chi connectivity index (χ0) is 24.0. The summed E-state index contributed by atoms with van der Waals surface area (Å²) in [7, 11) is 1.57. The fourth-order valence-electron chi connectivity index (χ4n) is 4.49. The number of carbonyl (C=O) groups excluding carboxylic acids is 1. The molecule has 174 valence electrons. The molecule has 0 atom stereocenters. The molecule has 2 saturated heterocycles. The number of fused-ring (bicyclic) bond motifs is 1. The van der Waals surface area contributed by atoms with Crippen molar-refractivity contribution < 1.29 is 14.3 Å². The van der Waals surface area contributed by atoms with Crippen molar-refractivity contribution in [2.24, 2.45) is 5.41 Å². The van der Waals surface area contributed by atoms with Crippen molar-refractivity contribution in [1.29, 1.82) is 5.26 Å². The topological polar surface area (TPSA) is 113 Å². The number of ether oxygens (including phenoxy) is 2. The first kappa shape index (κ1) is 21.5. The van der Waals surface area contributed by atoms with Crippen LogP contribution in [0.5, 0.6) is 5.88 Å². The first-order valence-electron chi connectivity index (χ1n) is 11.0. The maximum Gasteiger partial charge on any atom is 0.323 e. The zero-order valence-electron chi connectivity index (χ0n) is 18.8. The van der Waals surface area contributed by atoms with Gasteiger partial charge in [-0.1, -0.05) is 29.5 Å². The molecule has 0 radical (unpaired) electrons. The summed E-state index contributed by atoms with van der Waals surface area (Å²) in [6, 6.07) is 15.1. The van der Waals surface area contributed by atoms with Crippen LogP contribution in [-0.2, 0) is 4.74 Å². The van der Waals surface area contributed by atoms with Crippen molar-refractivity contribution >= 4 is 33.4 Å². The molecule has 35 heavy (non-hydrogen) atoms. The second-order valence-electron chi connectivity index (χ2n) is 8.78. The Balaban J connectivity index is 1.39. The lowest BCUT2D eigenvalue weighted by atomic mass is 9.78. The maximum absolute atomic E-state index is 12.8. The van der Waals surface area contributed by atoms with Crippen LogP contribution in [-0.4, -0.2) is 59.3 Å². The van der Waals surface area contributed by atoms with E-state index in [4.69, 9.17) is 14.5 Å². The van der Waals surface area contributed by atoms with Gasteiger partial charge in [-0.3, -0.25) is 5.32 Å². The van der Waals surface area contributed by atoms with E-state index in [0.717, 1.165) is 26.9 Å². The third-order valence-electron chi connectivity index (χ3n) is 6.32. The lowest BCUT2D eigenvalue weighted by molar-refractivity contribution is -0.174. The van der Waals surface area contributed by atoms with Crippen LogP contribution in [0.4, 0.5) is 9.93 Å². The summed E-state index contributed by atoms with van der Waals surface area (Å²) in [6.45, 7) is 2.82. The van der Waals surface area contributed by atoms with Crippen LogP contribution in [0.3, 0.4) is 0 Å². The Hall–Kier alpha value is -4.07. The molecular formula is C25H20N6O3S. The van der Waals surface area contributed by atoms with E-state index in [-0.39, 0.29) is 11.4 Å². The van der Waals surface area contributed by atoms with Gasteiger partial charge in [0.25, 0.3) is 0 Å². The number of thiazole rings is 1. The Morgan fingerprint density at radius 3 is 2.80 bits per heavy atom. The minimum absolute atomic E-state index is 0.139. The van der Waals surface area contributed by atoms with Gasteiger partial charge in [-0.15, -0.1) is 0 Å². The van der Waals surface area contributed by atoms with Crippen LogP contribution in [0.2, 0.25) is 0 Å². The summed E-state index contributed by atoms with van der Waals surface area (Å²) in [5, 5.41) is 13.6. The molecule has 4 aromatic rings. The molecule has 1 spiro atoms. The van der Waals surface area contributed by atoms with Gasteiger partial charge in [0.1, 0.15) is 6.33 Å². The Labute approximate surface area is 205 Å². The fraction of sp³-hybridized carbons (Fsp3) is 0.240. The van der Waals surface area contributed by atoms with E-state index in [2.05, 4.69) is 21.4 Å². The number of nitrogens with one attached hydrogen (secondary N) is 1. The van der Waals surface area contributed by atoms with Gasteiger partial charge in [0.05, 0.1) is 58.8 Å². The molecule has 2 aromatic heterocycles. The molecule has 2 fully saturated rings. The van der Waals surface area contributed by atoms with Crippen LogP contribution >= 0.6 is 11.3 Å². The van der Waals surface area contributed by atoms with E-state index in [1.54, 1.807) is 24.1 Å². The lowest BCUT2D eigenvalue weighted by Crippen LogP contribution is -2.67. The Morgan fingerprint density at radius 1 is 1.20 bits per heavy atom. The Kier molecular flexibility index (Phi) is 5.09. The van der Waals surface area contributed by atoms with Gasteiger partial charge in [-0.05, 0) is 29.8 Å². The van der Waals surface area contributed by atoms with Gasteiger partial charge in [0, 0.05) is 18.7 Å². The number of carbonyl (C=O) groups is 1. The molecule has 0 bridgehead atoms. The number of likely N-dealkylation sites (tertiary alicyclic amines) is 1. The van der Waals surface area contributed by atoms with Crippen LogP contribution in [0, 0.1) is 16.7 Å². The minimum Gasteiger partial charge on any atom is -0.480 e. The predicted octanol–water partition coefficient (Wildman–Crippen LogP) is 4.16. The molecule has 0 aliphatic carbocycles. The van der Waals surface area contributed by atoms with E-state index in [0.29, 0.717) is 48.6 Å². The average molecular weight is 485 g/mol. The van der Waals surface area contributed by atoms with Gasteiger partial charge in [0.15, 0.2) is 5.13 Å². The summed E-state index contributed by atoms with van der Waals surface area (Å²) in [4.78, 5) is 28.8. The number of urea groups is 1. The van der Waals surface area contributed by atoms with Crippen molar-refractivity contribution in [3.05, 3.63) is 54.4 Å². The molecule has 2 aliphatic heterocycles. The van der Waals surface area contributed by atoms with Gasteiger partial charge in [-0.25, -0.2) is 19.7 Å². The molecule has 2 amide bonds. The minimum atomic E-state index is -0.172.